The number of carbonyl (C=O) groups excluding carboxylic acids is 5. The Kier molecular flexibility index (Phi) is 22.3. The number of para-hydroxylation sites is 1. The molecule has 19 nitrogen and oxygen atoms in total. The predicted molar refractivity (Wildman–Crippen MR) is 263 cm³/mol. The number of nitrogens with zero attached hydrogens (tertiary/aromatic N) is 3. The van der Waals surface area contributed by atoms with Gasteiger partial charge in [0.05, 0.1) is 42.4 Å². The van der Waals surface area contributed by atoms with Crippen LogP contribution in [0.4, 0.5) is 0 Å². The maximum Gasteiger partial charge on any atom is 0.309 e. The molecule has 2 aromatic rings. The highest BCUT2D eigenvalue weighted by atomic mass is 16.7. The number of aromatic nitrogens is 1. The van der Waals surface area contributed by atoms with E-state index in [1.165, 1.54) is 14.0 Å². The van der Waals surface area contributed by atoms with Crippen LogP contribution in [0.1, 0.15) is 112 Å². The molecule has 0 amide bonds. The largest absolute Gasteiger partial charge is 0.462 e. The molecule has 4 heterocycles. The fourth-order valence-corrected chi connectivity index (χ4v) is 10.5. The number of hydrogen-bond donors (Lipinski definition) is 2. The Bertz CT molecular complexity index is 2080. The van der Waals surface area contributed by atoms with Crippen molar-refractivity contribution in [2.45, 2.75) is 198 Å². The van der Waals surface area contributed by atoms with Crippen LogP contribution in [-0.2, 0) is 73.0 Å². The number of aryl methyl sites for hydroxylation is 1. The minimum absolute atomic E-state index is 0.0215. The Hall–Kier alpha value is -4.18. The van der Waals surface area contributed by atoms with Crippen LogP contribution in [0.3, 0.4) is 0 Å². The molecule has 0 radical (unpaired) electrons. The van der Waals surface area contributed by atoms with Crippen LogP contribution < -0.4 is 0 Å². The monoisotopic (exact) mass is 1020 g/mol. The maximum atomic E-state index is 14.2. The van der Waals surface area contributed by atoms with E-state index in [2.05, 4.69) is 11.1 Å². The number of likely N-dealkylation sites (N-methyl/N-ethyl adjacent to an activating group) is 2. The topological polar surface area (TPSA) is 228 Å². The van der Waals surface area contributed by atoms with Gasteiger partial charge in [-0.2, -0.15) is 0 Å². The van der Waals surface area contributed by atoms with Gasteiger partial charge in [-0.3, -0.25) is 24.2 Å². The van der Waals surface area contributed by atoms with Crippen molar-refractivity contribution >= 4 is 41.1 Å². The number of hydrogen-bond acceptors (Lipinski definition) is 19. The van der Waals surface area contributed by atoms with Crippen molar-refractivity contribution < 1.29 is 76.8 Å². The molecule has 0 aliphatic carbocycles. The van der Waals surface area contributed by atoms with Crippen molar-refractivity contribution in [2.24, 2.45) is 11.8 Å². The summed E-state index contributed by atoms with van der Waals surface area (Å²) in [6.45, 7) is 12.5. The molecule has 5 rings (SSSR count). The number of β-amino-alcohol motifs (C(OH)–C–C–N with tert-alkyl or cyclic N) is 1. The molecule has 16 atom stereocenters. The molecule has 5 unspecified atom stereocenters. The Morgan fingerprint density at radius 2 is 1.69 bits per heavy atom. The number of methoxy groups -OCH3 is 1. The minimum atomic E-state index is -1.44. The Morgan fingerprint density at radius 1 is 0.986 bits per heavy atom. The summed E-state index contributed by atoms with van der Waals surface area (Å²) in [5.41, 5.74) is 0.536. The number of benzene rings is 1. The third kappa shape index (κ3) is 15.9. The lowest BCUT2D eigenvalue weighted by Gasteiger charge is -2.50. The van der Waals surface area contributed by atoms with Gasteiger partial charge in [0, 0.05) is 57.8 Å². The fraction of sp³-hybridized carbons (Fsp3) is 0.736. The number of fused-ring (bicyclic) bond motifs is 1. The predicted octanol–water partition coefficient (Wildman–Crippen LogP) is 4.71. The van der Waals surface area contributed by atoms with E-state index in [9.17, 15) is 34.2 Å². The summed E-state index contributed by atoms with van der Waals surface area (Å²) in [4.78, 5) is 73.3. The van der Waals surface area contributed by atoms with E-state index >= 15 is 0 Å². The standard InChI is InChI=1S/C53H81N3O16/c1-12-42(60)68-41-27-44(62)67-38(21-20-35-26-36-17-14-15-19-39(36)54-29-35)18-16-23-56(10)30-40(59)31(3)25-37(22-24-57)49(50(41)64-11)71-52-47(63)46(55(8)9)48(32(4)66-52)70-45-28-53(7,72-34(6)58)51(33(5)65-45)69-43(61)13-2/h14-15,17,19,24,26,29,31-33,37-38,40-41,45-52,59,63H,12-13,16,18,20-23,25,27-28,30H2,1-11H3/t31-,32?,33?,37+,38-,40+,41-,45+,46?,47?,48+,49+,50+,51+,52+,53?/m1/s1. The number of rotatable bonds is 16. The summed E-state index contributed by atoms with van der Waals surface area (Å²) < 4.78 is 56.2. The number of aliphatic hydroxyl groups is 2. The van der Waals surface area contributed by atoms with Gasteiger partial charge in [0.1, 0.15) is 36.8 Å². The second kappa shape index (κ2) is 27.4. The summed E-state index contributed by atoms with van der Waals surface area (Å²) in [6, 6.07) is 9.10. The fourth-order valence-electron chi connectivity index (χ4n) is 10.5. The number of ether oxygens (including phenoxy) is 9. The smallest absolute Gasteiger partial charge is 0.309 e. The zero-order valence-electron chi connectivity index (χ0n) is 44.1. The zero-order chi connectivity index (χ0) is 52.9. The van der Waals surface area contributed by atoms with Crippen molar-refractivity contribution in [2.75, 3.05) is 41.3 Å². The lowest BCUT2D eigenvalue weighted by Crippen LogP contribution is -2.66. The van der Waals surface area contributed by atoms with Gasteiger partial charge in [-0.15, -0.1) is 0 Å². The minimum Gasteiger partial charge on any atom is -0.462 e. The quantitative estimate of drug-likeness (QED) is 0.132. The van der Waals surface area contributed by atoms with E-state index in [4.69, 9.17) is 42.6 Å². The molecule has 0 spiro atoms. The molecule has 0 saturated carbocycles. The lowest BCUT2D eigenvalue weighted by molar-refractivity contribution is -0.344. The molecule has 3 saturated heterocycles. The molecular formula is C53H81N3O16. The number of pyridine rings is 1. The van der Waals surface area contributed by atoms with Gasteiger partial charge in [0.15, 0.2) is 24.3 Å². The highest BCUT2D eigenvalue weighted by molar-refractivity contribution is 5.78. The van der Waals surface area contributed by atoms with Gasteiger partial charge in [-0.25, -0.2) is 0 Å². The second-order valence-corrected chi connectivity index (χ2v) is 20.3. The first kappa shape index (κ1) is 58.7. The summed E-state index contributed by atoms with van der Waals surface area (Å²) in [5, 5.41) is 25.0. The SMILES string of the molecule is CCC(=O)O[C@@H]1CC(=O)O[C@@H](CCc2cnc3ccccc3c2)CCCN(C)C[C@H](O)[C@H](C)C[C@H](CC=O)[C@H](O[C@@H]2OC(C)[C@H](O[C@H]3CC(C)(OC(C)=O)[C@@H](OC(=O)CC)C(C)O3)C(N(C)C)C2O)[C@H]1OC. The van der Waals surface area contributed by atoms with Crippen LogP contribution in [0.5, 0.6) is 0 Å². The van der Waals surface area contributed by atoms with Crippen molar-refractivity contribution in [3.05, 3.63) is 42.1 Å². The number of aldehydes is 1. The summed E-state index contributed by atoms with van der Waals surface area (Å²) in [7, 11) is 6.82. The lowest BCUT2D eigenvalue weighted by atomic mass is 9.82. The zero-order valence-corrected chi connectivity index (χ0v) is 44.1. The van der Waals surface area contributed by atoms with Gasteiger partial charge in [-0.05, 0) is 110 Å². The molecule has 3 aliphatic heterocycles. The summed E-state index contributed by atoms with van der Waals surface area (Å²) in [6.07, 6.45) is -7.63. The van der Waals surface area contributed by atoms with Crippen molar-refractivity contribution in [1.82, 2.24) is 14.8 Å². The molecule has 72 heavy (non-hydrogen) atoms. The first-order chi connectivity index (χ1) is 34.2. The molecule has 3 fully saturated rings. The Balaban J connectivity index is 1.46. The molecule has 0 bridgehead atoms. The summed E-state index contributed by atoms with van der Waals surface area (Å²) >= 11 is 0. The number of cyclic esters (lactones) is 1. The van der Waals surface area contributed by atoms with Gasteiger partial charge < -0.3 is 67.4 Å². The third-order valence-electron chi connectivity index (χ3n) is 14.2. The van der Waals surface area contributed by atoms with Gasteiger partial charge in [0.25, 0.3) is 0 Å². The van der Waals surface area contributed by atoms with Crippen LogP contribution in [0.15, 0.2) is 36.5 Å². The first-order valence-corrected chi connectivity index (χ1v) is 25.6. The highest BCUT2D eigenvalue weighted by Crippen LogP contribution is 2.39. The average molecular weight is 1020 g/mol. The van der Waals surface area contributed by atoms with E-state index in [0.717, 1.165) is 22.8 Å². The van der Waals surface area contributed by atoms with E-state index in [1.807, 2.05) is 49.3 Å². The molecule has 2 N–H and O–H groups in total. The van der Waals surface area contributed by atoms with Crippen LogP contribution in [0.25, 0.3) is 10.9 Å². The van der Waals surface area contributed by atoms with E-state index < -0.39 is 121 Å². The molecule has 404 valence electrons. The Morgan fingerprint density at radius 3 is 2.36 bits per heavy atom. The van der Waals surface area contributed by atoms with E-state index in [1.54, 1.807) is 53.6 Å². The van der Waals surface area contributed by atoms with Crippen molar-refractivity contribution in [3.63, 3.8) is 0 Å². The Labute approximate surface area is 424 Å². The second-order valence-electron chi connectivity index (χ2n) is 20.3. The molecule has 3 aliphatic rings. The third-order valence-corrected chi connectivity index (χ3v) is 14.2. The highest BCUT2D eigenvalue weighted by Gasteiger charge is 2.54. The molecular weight excluding hydrogens is 935 g/mol. The van der Waals surface area contributed by atoms with Crippen molar-refractivity contribution in [1.29, 1.82) is 0 Å². The van der Waals surface area contributed by atoms with Crippen LogP contribution >= 0.6 is 0 Å². The maximum absolute atomic E-state index is 14.2. The first-order valence-electron chi connectivity index (χ1n) is 25.6. The van der Waals surface area contributed by atoms with Crippen LogP contribution in [-0.4, -0.2) is 182 Å². The normalized spacial score (nSPS) is 34.8. The number of carbonyl (C=O) groups is 5. The molecule has 1 aromatic heterocycles. The number of aliphatic hydroxyl groups excluding tert-OH is 2. The van der Waals surface area contributed by atoms with E-state index in [-0.39, 0.29) is 38.0 Å². The van der Waals surface area contributed by atoms with Gasteiger partial charge in [-0.1, -0.05) is 39.0 Å². The summed E-state index contributed by atoms with van der Waals surface area (Å²) in [5.74, 6) is -3.42. The number of esters is 4. The van der Waals surface area contributed by atoms with Crippen molar-refractivity contribution in [3.8, 4) is 0 Å². The van der Waals surface area contributed by atoms with Crippen LogP contribution in [0, 0.1) is 11.8 Å². The molecule has 1 aromatic carbocycles. The van der Waals surface area contributed by atoms with Crippen LogP contribution in [0.2, 0.25) is 0 Å². The van der Waals surface area contributed by atoms with Gasteiger partial charge >= 0.3 is 23.9 Å². The average Bonchev–Trinajstić information content (AvgIpc) is 3.32. The van der Waals surface area contributed by atoms with Gasteiger partial charge in [0.2, 0.25) is 0 Å². The van der Waals surface area contributed by atoms with E-state index in [0.29, 0.717) is 38.8 Å². The molecule has 19 heteroatoms.